The van der Waals surface area contributed by atoms with Gasteiger partial charge in [0.25, 0.3) is 0 Å². The predicted octanol–water partition coefficient (Wildman–Crippen LogP) is 1.76. The molecular formula is C13H22ClIN4O2S2. The van der Waals surface area contributed by atoms with E-state index in [0.717, 1.165) is 12.3 Å². The minimum absolute atomic E-state index is 0. The van der Waals surface area contributed by atoms with Gasteiger partial charge in [-0.2, -0.15) is 11.8 Å². The molecule has 1 rings (SSSR count). The molecular weight excluding hydrogens is 471 g/mol. The molecule has 0 radical (unpaired) electrons. The third-order valence-electron chi connectivity index (χ3n) is 2.64. The monoisotopic (exact) mass is 492 g/mol. The maximum Gasteiger partial charge on any atom is 0.240 e. The Morgan fingerprint density at radius 3 is 2.57 bits per heavy atom. The number of guanidine groups is 1. The van der Waals surface area contributed by atoms with E-state index in [2.05, 4.69) is 20.3 Å². The van der Waals surface area contributed by atoms with Gasteiger partial charge in [0, 0.05) is 37.5 Å². The van der Waals surface area contributed by atoms with E-state index in [4.69, 9.17) is 11.6 Å². The van der Waals surface area contributed by atoms with Gasteiger partial charge in [-0.15, -0.1) is 24.0 Å². The first kappa shape index (κ1) is 22.8. The fourth-order valence-electron chi connectivity index (χ4n) is 1.58. The van der Waals surface area contributed by atoms with Gasteiger partial charge in [0.15, 0.2) is 5.96 Å². The molecule has 0 atom stereocenters. The van der Waals surface area contributed by atoms with Gasteiger partial charge in [0.2, 0.25) is 10.0 Å². The number of nitrogens with zero attached hydrogens (tertiary/aromatic N) is 1. The summed E-state index contributed by atoms with van der Waals surface area (Å²) in [4.78, 5) is 4.21. The number of aliphatic imine (C=N–C) groups is 1. The summed E-state index contributed by atoms with van der Waals surface area (Å²) >= 11 is 7.54. The topological polar surface area (TPSA) is 82.6 Å². The zero-order chi connectivity index (χ0) is 16.4. The Labute approximate surface area is 164 Å². The minimum atomic E-state index is -3.55. The molecule has 3 N–H and O–H groups in total. The molecule has 1 aromatic rings. The Kier molecular flexibility index (Phi) is 12.1. The Hall–Kier alpha value is -0.230. The van der Waals surface area contributed by atoms with Crippen molar-refractivity contribution in [2.24, 2.45) is 4.99 Å². The summed E-state index contributed by atoms with van der Waals surface area (Å²) in [5.74, 6) is 1.62. The number of hydrogen-bond acceptors (Lipinski definition) is 4. The van der Waals surface area contributed by atoms with Crippen molar-refractivity contribution >= 4 is 63.3 Å². The van der Waals surface area contributed by atoms with Gasteiger partial charge in [-0.3, -0.25) is 4.99 Å². The van der Waals surface area contributed by atoms with Crippen LogP contribution in [0.3, 0.4) is 0 Å². The van der Waals surface area contributed by atoms with Crippen molar-refractivity contribution in [3.8, 4) is 0 Å². The highest BCUT2D eigenvalue weighted by Gasteiger charge is 2.13. The molecule has 1 aromatic carbocycles. The largest absolute Gasteiger partial charge is 0.356 e. The van der Waals surface area contributed by atoms with Gasteiger partial charge >= 0.3 is 0 Å². The molecule has 23 heavy (non-hydrogen) atoms. The van der Waals surface area contributed by atoms with E-state index in [9.17, 15) is 8.42 Å². The van der Waals surface area contributed by atoms with E-state index in [0.29, 0.717) is 17.5 Å². The number of thioether (sulfide) groups is 1. The molecule has 0 heterocycles. The normalized spacial score (nSPS) is 11.7. The van der Waals surface area contributed by atoms with Crippen molar-refractivity contribution in [3.63, 3.8) is 0 Å². The van der Waals surface area contributed by atoms with Crippen molar-refractivity contribution in [1.29, 1.82) is 0 Å². The SMILES string of the molecule is CN=C(NCCNS(=O)(=O)c1cccc(Cl)c1)NCCSC.I. The Morgan fingerprint density at radius 2 is 1.96 bits per heavy atom. The van der Waals surface area contributed by atoms with Crippen LogP contribution in [0.15, 0.2) is 34.2 Å². The predicted molar refractivity (Wildman–Crippen MR) is 110 cm³/mol. The molecule has 0 aliphatic rings. The molecule has 0 unspecified atom stereocenters. The third kappa shape index (κ3) is 8.99. The van der Waals surface area contributed by atoms with E-state index >= 15 is 0 Å². The fraction of sp³-hybridized carbons (Fsp3) is 0.462. The summed E-state index contributed by atoms with van der Waals surface area (Å²) in [6.07, 6.45) is 2.03. The van der Waals surface area contributed by atoms with Crippen LogP contribution >= 0.6 is 47.3 Å². The Bertz CT molecular complexity index is 599. The molecule has 0 amide bonds. The molecule has 0 aliphatic heterocycles. The molecule has 0 aromatic heterocycles. The van der Waals surface area contributed by atoms with Gasteiger partial charge in [-0.25, -0.2) is 13.1 Å². The van der Waals surface area contributed by atoms with Crippen LogP contribution in [-0.4, -0.2) is 53.1 Å². The molecule has 0 saturated carbocycles. The first-order valence-corrected chi connectivity index (χ1v) is 9.94. The highest BCUT2D eigenvalue weighted by molar-refractivity contribution is 14.0. The summed E-state index contributed by atoms with van der Waals surface area (Å²) in [7, 11) is -1.88. The lowest BCUT2D eigenvalue weighted by Gasteiger charge is -2.12. The van der Waals surface area contributed by atoms with Crippen LogP contribution in [0.2, 0.25) is 5.02 Å². The van der Waals surface area contributed by atoms with Gasteiger partial charge in [-0.1, -0.05) is 17.7 Å². The highest BCUT2D eigenvalue weighted by atomic mass is 127. The van der Waals surface area contributed by atoms with Crippen LogP contribution in [0.1, 0.15) is 0 Å². The number of halogens is 2. The zero-order valence-corrected chi connectivity index (χ0v) is 17.7. The third-order valence-corrected chi connectivity index (χ3v) is 4.94. The molecule has 6 nitrogen and oxygen atoms in total. The smallest absolute Gasteiger partial charge is 0.240 e. The number of nitrogens with one attached hydrogen (secondary N) is 3. The number of rotatable bonds is 8. The van der Waals surface area contributed by atoms with Gasteiger partial charge < -0.3 is 10.6 Å². The number of hydrogen-bond donors (Lipinski definition) is 3. The van der Waals surface area contributed by atoms with Crippen molar-refractivity contribution in [2.45, 2.75) is 4.90 Å². The minimum Gasteiger partial charge on any atom is -0.356 e. The van der Waals surface area contributed by atoms with E-state index in [1.165, 1.54) is 12.1 Å². The van der Waals surface area contributed by atoms with Crippen molar-refractivity contribution in [3.05, 3.63) is 29.3 Å². The first-order valence-electron chi connectivity index (χ1n) is 6.68. The van der Waals surface area contributed by atoms with E-state index in [-0.39, 0.29) is 35.4 Å². The van der Waals surface area contributed by atoms with Crippen LogP contribution in [0.25, 0.3) is 0 Å². The van der Waals surface area contributed by atoms with Crippen molar-refractivity contribution < 1.29 is 8.42 Å². The summed E-state index contributed by atoms with van der Waals surface area (Å²) in [6, 6.07) is 6.16. The second-order valence-corrected chi connectivity index (χ2v) is 7.46. The highest BCUT2D eigenvalue weighted by Crippen LogP contribution is 2.14. The first-order chi connectivity index (χ1) is 10.5. The van der Waals surface area contributed by atoms with Crippen LogP contribution in [0, 0.1) is 0 Å². The van der Waals surface area contributed by atoms with Crippen LogP contribution in [0.4, 0.5) is 0 Å². The quantitative estimate of drug-likeness (QED) is 0.223. The Morgan fingerprint density at radius 1 is 1.26 bits per heavy atom. The van der Waals surface area contributed by atoms with E-state index < -0.39 is 10.0 Å². The average Bonchev–Trinajstić information content (AvgIpc) is 2.50. The molecule has 0 fully saturated rings. The van der Waals surface area contributed by atoms with Crippen molar-refractivity contribution in [2.75, 3.05) is 38.7 Å². The van der Waals surface area contributed by atoms with E-state index in [1.807, 2.05) is 6.26 Å². The lowest BCUT2D eigenvalue weighted by Crippen LogP contribution is -2.42. The van der Waals surface area contributed by atoms with Crippen molar-refractivity contribution in [1.82, 2.24) is 15.4 Å². The van der Waals surface area contributed by atoms with E-state index in [1.54, 1.807) is 30.9 Å². The molecule has 0 spiro atoms. The maximum atomic E-state index is 12.1. The second-order valence-electron chi connectivity index (χ2n) is 4.27. The molecule has 10 heteroatoms. The molecule has 0 aliphatic carbocycles. The summed E-state index contributed by atoms with van der Waals surface area (Å²) in [5, 5.41) is 6.56. The van der Waals surface area contributed by atoms with Gasteiger partial charge in [-0.05, 0) is 24.5 Å². The Balaban J connectivity index is 0.00000484. The number of sulfonamides is 1. The summed E-state index contributed by atoms with van der Waals surface area (Å²) in [5.41, 5.74) is 0. The molecule has 132 valence electrons. The van der Waals surface area contributed by atoms with Crippen LogP contribution < -0.4 is 15.4 Å². The van der Waals surface area contributed by atoms with Gasteiger partial charge in [0.05, 0.1) is 4.90 Å². The lowest BCUT2D eigenvalue weighted by atomic mass is 10.4. The van der Waals surface area contributed by atoms with Crippen LogP contribution in [-0.2, 0) is 10.0 Å². The maximum absolute atomic E-state index is 12.1. The van der Waals surface area contributed by atoms with Crippen LogP contribution in [0.5, 0.6) is 0 Å². The summed E-state index contributed by atoms with van der Waals surface area (Å²) < 4.78 is 26.6. The average molecular weight is 493 g/mol. The zero-order valence-electron chi connectivity index (χ0n) is 13.0. The lowest BCUT2D eigenvalue weighted by molar-refractivity contribution is 0.580. The fourth-order valence-corrected chi connectivity index (χ4v) is 3.21. The summed E-state index contributed by atoms with van der Waals surface area (Å²) in [6.45, 7) is 1.48. The molecule has 0 bridgehead atoms. The molecule has 0 saturated heterocycles. The van der Waals surface area contributed by atoms with Gasteiger partial charge in [0.1, 0.15) is 0 Å². The second kappa shape index (κ2) is 12.2. The number of benzene rings is 1. The standard InChI is InChI=1S/C13H21ClN4O2S2.HI/c1-15-13(17-8-9-21-2)16-6-7-18-22(19,20)12-5-3-4-11(14)10-12;/h3-5,10,18H,6-9H2,1-2H3,(H2,15,16,17);1H.